The van der Waals surface area contributed by atoms with Crippen LogP contribution in [0.5, 0.6) is 0 Å². The highest BCUT2D eigenvalue weighted by molar-refractivity contribution is 5.93. The van der Waals surface area contributed by atoms with Gasteiger partial charge in [-0.15, -0.1) is 0 Å². The number of amides is 1. The molecule has 0 aliphatic rings. The third-order valence-electron chi connectivity index (χ3n) is 2.90. The summed E-state index contributed by atoms with van der Waals surface area (Å²) in [6, 6.07) is 1.29. The SMILES string of the molecule is CCn1cc([N+](=O)[O-])cc1C(=O)NCCc1cnc[nH]1. The molecule has 0 fully saturated rings. The van der Waals surface area contributed by atoms with Gasteiger partial charge in [-0.1, -0.05) is 0 Å². The van der Waals surface area contributed by atoms with Crippen LogP contribution < -0.4 is 5.32 Å². The number of nitrogens with zero attached hydrogens (tertiary/aromatic N) is 3. The van der Waals surface area contributed by atoms with Crippen LogP contribution in [-0.4, -0.2) is 31.9 Å². The number of aryl methyl sites for hydroxylation is 1. The van der Waals surface area contributed by atoms with Gasteiger partial charge in [0.15, 0.2) is 0 Å². The van der Waals surface area contributed by atoms with E-state index in [9.17, 15) is 14.9 Å². The van der Waals surface area contributed by atoms with E-state index in [1.54, 1.807) is 17.1 Å². The number of H-pyrrole nitrogens is 1. The lowest BCUT2D eigenvalue weighted by Crippen LogP contribution is -2.27. The van der Waals surface area contributed by atoms with Crippen LogP contribution in [0.2, 0.25) is 0 Å². The smallest absolute Gasteiger partial charge is 0.287 e. The molecule has 2 rings (SSSR count). The molecule has 8 heteroatoms. The van der Waals surface area contributed by atoms with Gasteiger partial charge in [0.1, 0.15) is 5.69 Å². The number of nitrogens with one attached hydrogen (secondary N) is 2. The summed E-state index contributed by atoms with van der Waals surface area (Å²) in [5.41, 5.74) is 1.14. The van der Waals surface area contributed by atoms with Crippen LogP contribution in [0.4, 0.5) is 5.69 Å². The largest absolute Gasteiger partial charge is 0.350 e. The van der Waals surface area contributed by atoms with E-state index in [2.05, 4.69) is 15.3 Å². The average molecular weight is 277 g/mol. The lowest BCUT2D eigenvalue weighted by atomic mass is 10.3. The molecule has 0 saturated heterocycles. The Kier molecular flexibility index (Phi) is 4.14. The number of imidazole rings is 1. The van der Waals surface area contributed by atoms with Crippen molar-refractivity contribution in [1.82, 2.24) is 19.9 Å². The Bertz CT molecular complexity index is 603. The summed E-state index contributed by atoms with van der Waals surface area (Å²) in [5, 5.41) is 13.5. The minimum atomic E-state index is -0.506. The molecule has 2 aromatic heterocycles. The Morgan fingerprint density at radius 1 is 1.60 bits per heavy atom. The van der Waals surface area contributed by atoms with Crippen molar-refractivity contribution in [1.29, 1.82) is 0 Å². The maximum Gasteiger partial charge on any atom is 0.287 e. The van der Waals surface area contributed by atoms with E-state index in [-0.39, 0.29) is 11.6 Å². The van der Waals surface area contributed by atoms with Crippen LogP contribution in [0, 0.1) is 10.1 Å². The average Bonchev–Trinajstić information content (AvgIpc) is 3.07. The molecule has 0 aliphatic heterocycles. The molecule has 0 spiro atoms. The molecule has 0 atom stereocenters. The molecule has 8 nitrogen and oxygen atoms in total. The Balaban J connectivity index is 1.99. The van der Waals surface area contributed by atoms with Crippen LogP contribution in [-0.2, 0) is 13.0 Å². The fraction of sp³-hybridized carbons (Fsp3) is 0.333. The van der Waals surface area contributed by atoms with Gasteiger partial charge in [0.25, 0.3) is 11.6 Å². The third kappa shape index (κ3) is 3.02. The first-order chi connectivity index (χ1) is 9.61. The molecular weight excluding hydrogens is 262 g/mol. The molecule has 0 bridgehead atoms. The molecule has 20 heavy (non-hydrogen) atoms. The minimum Gasteiger partial charge on any atom is -0.350 e. The first-order valence-electron chi connectivity index (χ1n) is 6.21. The minimum absolute atomic E-state index is 0.0782. The van der Waals surface area contributed by atoms with E-state index < -0.39 is 4.92 Å². The van der Waals surface area contributed by atoms with Crippen molar-refractivity contribution < 1.29 is 9.72 Å². The van der Waals surface area contributed by atoms with Crippen LogP contribution in [0.25, 0.3) is 0 Å². The molecular formula is C12H15N5O3. The van der Waals surface area contributed by atoms with Gasteiger partial charge in [-0.3, -0.25) is 14.9 Å². The first kappa shape index (κ1) is 13.8. The normalized spacial score (nSPS) is 10.4. The Labute approximate surface area is 115 Å². The van der Waals surface area contributed by atoms with Crippen molar-refractivity contribution in [2.75, 3.05) is 6.54 Å². The van der Waals surface area contributed by atoms with E-state index in [4.69, 9.17) is 0 Å². The number of rotatable bonds is 6. The second-order valence-electron chi connectivity index (χ2n) is 4.21. The summed E-state index contributed by atoms with van der Waals surface area (Å²) in [6.07, 6.45) is 5.25. The topological polar surface area (TPSA) is 106 Å². The summed E-state index contributed by atoms with van der Waals surface area (Å²) in [5.74, 6) is -0.320. The van der Waals surface area contributed by atoms with Gasteiger partial charge in [0.05, 0.1) is 17.4 Å². The monoisotopic (exact) mass is 277 g/mol. The van der Waals surface area contributed by atoms with Crippen molar-refractivity contribution in [3.8, 4) is 0 Å². The zero-order valence-corrected chi connectivity index (χ0v) is 11.0. The predicted molar refractivity (Wildman–Crippen MR) is 71.4 cm³/mol. The Morgan fingerprint density at radius 3 is 3.00 bits per heavy atom. The van der Waals surface area contributed by atoms with Crippen LogP contribution in [0.3, 0.4) is 0 Å². The van der Waals surface area contributed by atoms with Gasteiger partial charge in [-0.05, 0) is 6.92 Å². The summed E-state index contributed by atoms with van der Waals surface area (Å²) in [6.45, 7) is 2.76. The zero-order chi connectivity index (χ0) is 14.5. The van der Waals surface area contributed by atoms with Gasteiger partial charge in [0, 0.05) is 37.5 Å². The molecule has 2 aromatic rings. The summed E-state index contributed by atoms with van der Waals surface area (Å²) < 4.78 is 1.56. The van der Waals surface area contributed by atoms with Crippen molar-refractivity contribution in [3.63, 3.8) is 0 Å². The van der Waals surface area contributed by atoms with Crippen LogP contribution in [0.15, 0.2) is 24.8 Å². The standard InChI is InChI=1S/C12H15N5O3/c1-2-16-7-10(17(19)20)5-11(16)12(18)14-4-3-9-6-13-8-15-9/h5-8H,2-4H2,1H3,(H,13,15)(H,14,18). The van der Waals surface area contributed by atoms with Crippen molar-refractivity contribution >= 4 is 11.6 Å². The highest BCUT2D eigenvalue weighted by Gasteiger charge is 2.18. The molecule has 106 valence electrons. The summed E-state index contributed by atoms with van der Waals surface area (Å²) in [4.78, 5) is 29.0. The van der Waals surface area contributed by atoms with E-state index in [0.29, 0.717) is 25.2 Å². The molecule has 1 amide bonds. The van der Waals surface area contributed by atoms with Crippen molar-refractivity contribution in [2.45, 2.75) is 19.9 Å². The molecule has 0 saturated carbocycles. The first-order valence-corrected chi connectivity index (χ1v) is 6.21. The van der Waals surface area contributed by atoms with E-state index in [1.807, 2.05) is 6.92 Å². The van der Waals surface area contributed by atoms with Crippen molar-refractivity contribution in [3.05, 3.63) is 46.3 Å². The highest BCUT2D eigenvalue weighted by atomic mass is 16.6. The van der Waals surface area contributed by atoms with Crippen LogP contribution >= 0.6 is 0 Å². The number of carbonyl (C=O) groups excluding carboxylic acids is 1. The van der Waals surface area contributed by atoms with Gasteiger partial charge in [0.2, 0.25) is 0 Å². The maximum atomic E-state index is 12.0. The molecule has 0 radical (unpaired) electrons. The second kappa shape index (κ2) is 6.00. The number of nitro groups is 1. The fourth-order valence-electron chi connectivity index (χ4n) is 1.87. The van der Waals surface area contributed by atoms with E-state index >= 15 is 0 Å². The number of aromatic nitrogens is 3. The van der Waals surface area contributed by atoms with Gasteiger partial charge >= 0.3 is 0 Å². The summed E-state index contributed by atoms with van der Waals surface area (Å²) in [7, 11) is 0. The van der Waals surface area contributed by atoms with E-state index in [1.165, 1.54) is 12.3 Å². The molecule has 0 unspecified atom stereocenters. The maximum absolute atomic E-state index is 12.0. The Hall–Kier alpha value is -2.64. The third-order valence-corrected chi connectivity index (χ3v) is 2.90. The Morgan fingerprint density at radius 2 is 2.40 bits per heavy atom. The van der Waals surface area contributed by atoms with Gasteiger partial charge in [-0.2, -0.15) is 0 Å². The highest BCUT2D eigenvalue weighted by Crippen LogP contribution is 2.16. The number of hydrogen-bond donors (Lipinski definition) is 2. The van der Waals surface area contributed by atoms with Gasteiger partial charge in [-0.25, -0.2) is 4.98 Å². The number of carbonyl (C=O) groups is 1. The van der Waals surface area contributed by atoms with Gasteiger partial charge < -0.3 is 14.9 Å². The molecule has 2 heterocycles. The molecule has 0 aliphatic carbocycles. The lowest BCUT2D eigenvalue weighted by Gasteiger charge is -2.06. The van der Waals surface area contributed by atoms with Crippen LogP contribution in [0.1, 0.15) is 23.1 Å². The number of aromatic amines is 1. The quantitative estimate of drug-likeness (QED) is 0.609. The molecule has 2 N–H and O–H groups in total. The van der Waals surface area contributed by atoms with Crippen molar-refractivity contribution in [2.24, 2.45) is 0 Å². The summed E-state index contributed by atoms with van der Waals surface area (Å²) >= 11 is 0. The number of hydrogen-bond acceptors (Lipinski definition) is 4. The predicted octanol–water partition coefficient (Wildman–Crippen LogP) is 1.11. The molecule has 0 aromatic carbocycles. The lowest BCUT2D eigenvalue weighted by molar-refractivity contribution is -0.384. The fourth-order valence-corrected chi connectivity index (χ4v) is 1.87. The second-order valence-corrected chi connectivity index (χ2v) is 4.21. The zero-order valence-electron chi connectivity index (χ0n) is 11.0. The van der Waals surface area contributed by atoms with E-state index in [0.717, 1.165) is 5.69 Å².